The van der Waals surface area contributed by atoms with E-state index in [1.165, 1.54) is 5.56 Å². The summed E-state index contributed by atoms with van der Waals surface area (Å²) >= 11 is 1.85. The van der Waals surface area contributed by atoms with Crippen LogP contribution in [0.25, 0.3) is 0 Å². The van der Waals surface area contributed by atoms with Crippen LogP contribution in [0.2, 0.25) is 0 Å². The minimum absolute atomic E-state index is 0.0990. The van der Waals surface area contributed by atoms with E-state index in [1.54, 1.807) is 0 Å². The third-order valence-electron chi connectivity index (χ3n) is 4.65. The first-order chi connectivity index (χ1) is 13.2. The molecule has 3 nitrogen and oxygen atoms in total. The van der Waals surface area contributed by atoms with Crippen LogP contribution in [0.4, 0.5) is 0 Å². The van der Waals surface area contributed by atoms with Crippen molar-refractivity contribution in [3.05, 3.63) is 71.8 Å². The zero-order valence-electron chi connectivity index (χ0n) is 16.5. The molecule has 0 aromatic heterocycles. The Morgan fingerprint density at radius 1 is 0.963 bits per heavy atom. The SMILES string of the molecule is CCN(CC)CCSCC(Cc1ccccc1)C(=O)OCc1ccccc1. The van der Waals surface area contributed by atoms with Crippen molar-refractivity contribution < 1.29 is 9.53 Å². The molecule has 0 spiro atoms. The monoisotopic (exact) mass is 385 g/mol. The van der Waals surface area contributed by atoms with E-state index in [2.05, 4.69) is 30.9 Å². The van der Waals surface area contributed by atoms with Crippen LogP contribution in [0.3, 0.4) is 0 Å². The van der Waals surface area contributed by atoms with Gasteiger partial charge in [0.05, 0.1) is 5.92 Å². The Hall–Kier alpha value is -1.78. The molecule has 0 saturated heterocycles. The smallest absolute Gasteiger partial charge is 0.310 e. The number of carbonyl (C=O) groups excluding carboxylic acids is 1. The summed E-state index contributed by atoms with van der Waals surface area (Å²) in [7, 11) is 0. The first-order valence-electron chi connectivity index (χ1n) is 9.77. The van der Waals surface area contributed by atoms with Gasteiger partial charge >= 0.3 is 5.97 Å². The molecule has 0 saturated carbocycles. The summed E-state index contributed by atoms with van der Waals surface area (Å²) in [6.07, 6.45) is 0.729. The number of esters is 1. The molecule has 0 N–H and O–H groups in total. The molecule has 27 heavy (non-hydrogen) atoms. The average Bonchev–Trinajstić information content (AvgIpc) is 2.72. The predicted molar refractivity (Wildman–Crippen MR) is 115 cm³/mol. The summed E-state index contributed by atoms with van der Waals surface area (Å²) in [4.78, 5) is 15.1. The molecule has 146 valence electrons. The third kappa shape index (κ3) is 8.19. The van der Waals surface area contributed by atoms with Crippen molar-refractivity contribution in [2.24, 2.45) is 5.92 Å². The van der Waals surface area contributed by atoms with E-state index in [1.807, 2.05) is 60.3 Å². The largest absolute Gasteiger partial charge is 0.461 e. The maximum atomic E-state index is 12.7. The molecule has 2 aromatic carbocycles. The molecule has 4 heteroatoms. The van der Waals surface area contributed by atoms with Crippen LogP contribution in [0, 0.1) is 5.92 Å². The van der Waals surface area contributed by atoms with Crippen LogP contribution in [-0.2, 0) is 22.6 Å². The van der Waals surface area contributed by atoms with Gasteiger partial charge in [0.2, 0.25) is 0 Å². The molecular weight excluding hydrogens is 354 g/mol. The minimum Gasteiger partial charge on any atom is -0.461 e. The first kappa shape index (κ1) is 21.5. The Bertz CT molecular complexity index is 644. The summed E-state index contributed by atoms with van der Waals surface area (Å²) in [6.45, 7) is 7.93. The maximum Gasteiger partial charge on any atom is 0.310 e. The summed E-state index contributed by atoms with van der Waals surface area (Å²) < 4.78 is 5.62. The molecule has 0 fully saturated rings. The molecular formula is C23H31NO2S. The lowest BCUT2D eigenvalue weighted by Gasteiger charge is -2.19. The first-order valence-corrected chi connectivity index (χ1v) is 10.9. The van der Waals surface area contributed by atoms with Crippen molar-refractivity contribution in [3.8, 4) is 0 Å². The van der Waals surface area contributed by atoms with Gasteiger partial charge in [0, 0.05) is 18.1 Å². The van der Waals surface area contributed by atoms with Crippen molar-refractivity contribution in [1.82, 2.24) is 4.90 Å². The summed E-state index contributed by atoms with van der Waals surface area (Å²) in [5.74, 6) is 1.62. The van der Waals surface area contributed by atoms with E-state index >= 15 is 0 Å². The lowest BCUT2D eigenvalue weighted by molar-refractivity contribution is -0.149. The van der Waals surface area contributed by atoms with Crippen LogP contribution in [0.5, 0.6) is 0 Å². The van der Waals surface area contributed by atoms with Gasteiger partial charge in [0.25, 0.3) is 0 Å². The van der Waals surface area contributed by atoms with Gasteiger partial charge in [-0.05, 0) is 30.6 Å². The average molecular weight is 386 g/mol. The standard InChI is InChI=1S/C23H31NO2S/c1-3-24(4-2)15-16-27-19-22(17-20-11-7-5-8-12-20)23(25)26-18-21-13-9-6-10-14-21/h5-14,22H,3-4,15-19H2,1-2H3. The predicted octanol–water partition coefficient (Wildman–Crippen LogP) is 4.66. The quantitative estimate of drug-likeness (QED) is 0.392. The number of ether oxygens (including phenoxy) is 1. The maximum absolute atomic E-state index is 12.7. The highest BCUT2D eigenvalue weighted by atomic mass is 32.2. The van der Waals surface area contributed by atoms with Gasteiger partial charge in [0.15, 0.2) is 0 Å². The Balaban J connectivity index is 1.88. The lowest BCUT2D eigenvalue weighted by atomic mass is 10.0. The molecule has 0 amide bonds. The van der Waals surface area contributed by atoms with Crippen molar-refractivity contribution in [1.29, 1.82) is 0 Å². The van der Waals surface area contributed by atoms with Crippen LogP contribution in [0.15, 0.2) is 60.7 Å². The van der Waals surface area contributed by atoms with Gasteiger partial charge < -0.3 is 9.64 Å². The highest BCUT2D eigenvalue weighted by Crippen LogP contribution is 2.18. The number of thioether (sulfide) groups is 1. The van der Waals surface area contributed by atoms with Gasteiger partial charge in [0.1, 0.15) is 6.61 Å². The number of nitrogens with zero attached hydrogens (tertiary/aromatic N) is 1. The normalized spacial score (nSPS) is 12.1. The van der Waals surface area contributed by atoms with E-state index in [9.17, 15) is 4.79 Å². The topological polar surface area (TPSA) is 29.5 Å². The molecule has 2 rings (SSSR count). The Labute approximate surface area is 168 Å². The number of hydrogen-bond donors (Lipinski definition) is 0. The van der Waals surface area contributed by atoms with Crippen LogP contribution in [-0.4, -0.2) is 42.0 Å². The van der Waals surface area contributed by atoms with Gasteiger partial charge in [-0.15, -0.1) is 0 Å². The third-order valence-corrected chi connectivity index (χ3v) is 5.76. The van der Waals surface area contributed by atoms with Crippen LogP contribution in [0.1, 0.15) is 25.0 Å². The van der Waals surface area contributed by atoms with Crippen molar-refractivity contribution in [3.63, 3.8) is 0 Å². The molecule has 0 aliphatic carbocycles. The zero-order valence-corrected chi connectivity index (χ0v) is 17.3. The van der Waals surface area contributed by atoms with E-state index in [0.29, 0.717) is 6.61 Å². The second kappa shape index (κ2) is 12.6. The molecule has 1 atom stereocenters. The molecule has 2 aromatic rings. The van der Waals surface area contributed by atoms with E-state index in [-0.39, 0.29) is 11.9 Å². The van der Waals surface area contributed by atoms with Crippen LogP contribution < -0.4 is 0 Å². The summed E-state index contributed by atoms with van der Waals surface area (Å²) in [6, 6.07) is 20.1. The van der Waals surface area contributed by atoms with E-state index in [0.717, 1.165) is 43.1 Å². The van der Waals surface area contributed by atoms with Crippen molar-refractivity contribution in [2.75, 3.05) is 31.1 Å². The zero-order chi connectivity index (χ0) is 19.3. The molecule has 0 heterocycles. The molecule has 0 aliphatic heterocycles. The number of rotatable bonds is 12. The van der Waals surface area contributed by atoms with E-state index < -0.39 is 0 Å². The number of hydrogen-bond acceptors (Lipinski definition) is 4. The van der Waals surface area contributed by atoms with Gasteiger partial charge in [-0.25, -0.2) is 0 Å². The van der Waals surface area contributed by atoms with Crippen molar-refractivity contribution in [2.45, 2.75) is 26.9 Å². The highest BCUT2D eigenvalue weighted by molar-refractivity contribution is 7.99. The number of carbonyl (C=O) groups is 1. The Morgan fingerprint density at radius 3 is 2.15 bits per heavy atom. The van der Waals surface area contributed by atoms with Gasteiger partial charge in [-0.1, -0.05) is 74.5 Å². The highest BCUT2D eigenvalue weighted by Gasteiger charge is 2.21. The molecule has 0 bridgehead atoms. The number of benzene rings is 2. The fraction of sp³-hybridized carbons (Fsp3) is 0.435. The van der Waals surface area contributed by atoms with E-state index in [4.69, 9.17) is 4.74 Å². The fourth-order valence-corrected chi connectivity index (χ4v) is 4.01. The molecule has 1 unspecified atom stereocenters. The summed E-state index contributed by atoms with van der Waals surface area (Å²) in [5.41, 5.74) is 2.21. The second-order valence-corrected chi connectivity index (χ2v) is 7.73. The van der Waals surface area contributed by atoms with Crippen molar-refractivity contribution >= 4 is 17.7 Å². The minimum atomic E-state index is -0.113. The van der Waals surface area contributed by atoms with Gasteiger partial charge in [-0.3, -0.25) is 4.79 Å². The Kier molecular flexibility index (Phi) is 10.0. The molecule has 0 radical (unpaired) electrons. The second-order valence-electron chi connectivity index (χ2n) is 6.58. The molecule has 0 aliphatic rings. The fourth-order valence-electron chi connectivity index (χ4n) is 2.91. The summed E-state index contributed by atoms with van der Waals surface area (Å²) in [5, 5.41) is 0. The Morgan fingerprint density at radius 2 is 1.56 bits per heavy atom. The lowest BCUT2D eigenvalue weighted by Crippen LogP contribution is -2.26. The van der Waals surface area contributed by atoms with Gasteiger partial charge in [-0.2, -0.15) is 11.8 Å². The van der Waals surface area contributed by atoms with Crippen LogP contribution >= 0.6 is 11.8 Å².